The van der Waals surface area contributed by atoms with Gasteiger partial charge in [0.1, 0.15) is 11.4 Å². The van der Waals surface area contributed by atoms with Crippen LogP contribution in [0.3, 0.4) is 0 Å². The molecule has 0 unspecified atom stereocenters. The van der Waals surface area contributed by atoms with Gasteiger partial charge >= 0.3 is 0 Å². The fraction of sp³-hybridized carbons (Fsp3) is 0.250. The Bertz CT molecular complexity index is 653. The molecule has 22 heavy (non-hydrogen) atoms. The molecular formula is C16H19N3O2S. The lowest BCUT2D eigenvalue weighted by molar-refractivity contribution is -0.122. The molecule has 0 spiro atoms. The highest BCUT2D eigenvalue weighted by molar-refractivity contribution is 7.80. The molecule has 0 aliphatic carbocycles. The smallest absolute Gasteiger partial charge is 0.276 e. The summed E-state index contributed by atoms with van der Waals surface area (Å²) in [6.07, 6.45) is 3.39. The van der Waals surface area contributed by atoms with E-state index in [2.05, 4.69) is 11.9 Å². The maximum absolute atomic E-state index is 12.3. The minimum absolute atomic E-state index is 0.163. The van der Waals surface area contributed by atoms with E-state index in [4.69, 9.17) is 17.0 Å². The number of carbonyl (C=O) groups excluding carboxylic acids is 1. The first-order valence-corrected chi connectivity index (χ1v) is 7.19. The molecule has 1 aliphatic rings. The number of carbonyl (C=O) groups is 1. The molecule has 1 N–H and O–H groups in total. The number of nitrogens with zero attached hydrogens (tertiary/aromatic N) is 2. The zero-order chi connectivity index (χ0) is 16.3. The lowest BCUT2D eigenvalue weighted by atomic mass is 10.1. The van der Waals surface area contributed by atoms with E-state index in [1.165, 1.54) is 4.90 Å². The van der Waals surface area contributed by atoms with Crippen molar-refractivity contribution in [2.75, 3.05) is 32.6 Å². The molecular weight excluding hydrogens is 298 g/mol. The van der Waals surface area contributed by atoms with Crippen LogP contribution in [0.1, 0.15) is 5.56 Å². The van der Waals surface area contributed by atoms with Gasteiger partial charge in [0, 0.05) is 38.0 Å². The Morgan fingerprint density at radius 2 is 2.18 bits per heavy atom. The van der Waals surface area contributed by atoms with Crippen LogP contribution in [-0.4, -0.2) is 43.7 Å². The number of nitrogens with one attached hydrogen (secondary N) is 1. The third-order valence-corrected chi connectivity index (χ3v) is 3.63. The molecule has 2 rings (SSSR count). The summed E-state index contributed by atoms with van der Waals surface area (Å²) >= 11 is 5.16. The van der Waals surface area contributed by atoms with E-state index in [0.29, 0.717) is 23.1 Å². The van der Waals surface area contributed by atoms with E-state index < -0.39 is 0 Å². The molecule has 0 saturated carbocycles. The fourth-order valence-corrected chi connectivity index (χ4v) is 2.39. The molecule has 1 aromatic rings. The van der Waals surface area contributed by atoms with Gasteiger partial charge < -0.3 is 15.0 Å². The van der Waals surface area contributed by atoms with Gasteiger partial charge in [-0.2, -0.15) is 0 Å². The molecule has 0 aromatic heterocycles. The second-order valence-electron chi connectivity index (χ2n) is 5.01. The Kier molecular flexibility index (Phi) is 4.82. The summed E-state index contributed by atoms with van der Waals surface area (Å²) < 4.78 is 5.41. The number of hydrogen-bond donors (Lipinski definition) is 1. The van der Waals surface area contributed by atoms with Gasteiger partial charge in [0.25, 0.3) is 5.91 Å². The lowest BCUT2D eigenvalue weighted by Gasteiger charge is -2.15. The molecule has 1 fully saturated rings. The minimum Gasteiger partial charge on any atom is -0.496 e. The van der Waals surface area contributed by atoms with E-state index in [0.717, 1.165) is 11.3 Å². The van der Waals surface area contributed by atoms with E-state index in [1.807, 2.05) is 37.2 Å². The predicted molar refractivity (Wildman–Crippen MR) is 92.9 cm³/mol. The van der Waals surface area contributed by atoms with E-state index in [1.54, 1.807) is 19.3 Å². The van der Waals surface area contributed by atoms with Crippen molar-refractivity contribution in [3.05, 3.63) is 42.1 Å². The average molecular weight is 317 g/mol. The van der Waals surface area contributed by atoms with Crippen LogP contribution in [0, 0.1) is 0 Å². The number of amides is 1. The second kappa shape index (κ2) is 6.62. The molecule has 5 nitrogen and oxygen atoms in total. The summed E-state index contributed by atoms with van der Waals surface area (Å²) in [6, 6.07) is 5.80. The van der Waals surface area contributed by atoms with Gasteiger partial charge in [-0.1, -0.05) is 6.08 Å². The summed E-state index contributed by atoms with van der Waals surface area (Å²) in [5, 5.41) is 3.32. The number of rotatable bonds is 5. The van der Waals surface area contributed by atoms with Crippen LogP contribution in [0.4, 0.5) is 5.69 Å². The quantitative estimate of drug-likeness (QED) is 0.511. The molecule has 1 heterocycles. The van der Waals surface area contributed by atoms with Crippen LogP contribution in [-0.2, 0) is 4.79 Å². The van der Waals surface area contributed by atoms with Crippen molar-refractivity contribution in [2.45, 2.75) is 0 Å². The first-order valence-electron chi connectivity index (χ1n) is 6.78. The standard InChI is InChI=1S/C16H19N3O2S/c1-5-8-19-15(20)13(17-16(19)22)9-11-6-7-12(18(2)3)10-14(11)21-4/h5-7,9-10H,1,8H2,2-4H3,(H,17,22)/b13-9+. The van der Waals surface area contributed by atoms with Crippen molar-refractivity contribution in [1.82, 2.24) is 10.2 Å². The number of methoxy groups -OCH3 is 1. The maximum atomic E-state index is 12.3. The Morgan fingerprint density at radius 3 is 2.77 bits per heavy atom. The van der Waals surface area contributed by atoms with Gasteiger partial charge in [-0.25, -0.2) is 0 Å². The van der Waals surface area contributed by atoms with Crippen LogP contribution in [0.25, 0.3) is 6.08 Å². The topological polar surface area (TPSA) is 44.8 Å². The molecule has 1 saturated heterocycles. The average Bonchev–Trinajstić information content (AvgIpc) is 2.75. The van der Waals surface area contributed by atoms with Gasteiger partial charge in [-0.3, -0.25) is 9.69 Å². The third-order valence-electron chi connectivity index (χ3n) is 3.31. The van der Waals surface area contributed by atoms with Crippen molar-refractivity contribution in [1.29, 1.82) is 0 Å². The summed E-state index contributed by atoms with van der Waals surface area (Å²) in [5.41, 5.74) is 2.27. The summed E-state index contributed by atoms with van der Waals surface area (Å²) in [6.45, 7) is 4.02. The van der Waals surface area contributed by atoms with Crippen LogP contribution in [0.2, 0.25) is 0 Å². The van der Waals surface area contributed by atoms with Gasteiger partial charge in [-0.15, -0.1) is 6.58 Å². The Balaban J connectivity index is 2.35. The molecule has 0 bridgehead atoms. The monoisotopic (exact) mass is 317 g/mol. The first-order chi connectivity index (χ1) is 10.5. The van der Waals surface area contributed by atoms with Gasteiger partial charge in [0.05, 0.1) is 7.11 Å². The van der Waals surface area contributed by atoms with Crippen molar-refractivity contribution in [2.24, 2.45) is 0 Å². The van der Waals surface area contributed by atoms with E-state index in [-0.39, 0.29) is 5.91 Å². The summed E-state index contributed by atoms with van der Waals surface area (Å²) in [7, 11) is 5.52. The first kappa shape index (κ1) is 16.0. The lowest BCUT2D eigenvalue weighted by Crippen LogP contribution is -2.30. The molecule has 0 atom stereocenters. The number of thiocarbonyl (C=S) groups is 1. The van der Waals surface area contributed by atoms with E-state index in [9.17, 15) is 4.79 Å². The molecule has 1 aliphatic heterocycles. The van der Waals surface area contributed by atoms with Crippen molar-refractivity contribution >= 4 is 35.0 Å². The van der Waals surface area contributed by atoms with E-state index >= 15 is 0 Å². The highest BCUT2D eigenvalue weighted by atomic mass is 32.1. The van der Waals surface area contributed by atoms with Gasteiger partial charge in [0.2, 0.25) is 0 Å². The highest BCUT2D eigenvalue weighted by Gasteiger charge is 2.29. The normalized spacial score (nSPS) is 16.0. The molecule has 0 radical (unpaired) electrons. The summed E-state index contributed by atoms with van der Waals surface area (Å²) in [5.74, 6) is 0.532. The molecule has 6 heteroatoms. The zero-order valence-electron chi connectivity index (χ0n) is 12.9. The van der Waals surface area contributed by atoms with Crippen molar-refractivity contribution in [3.63, 3.8) is 0 Å². The SMILES string of the molecule is C=CCN1C(=O)/C(=C\c2ccc(N(C)C)cc2OC)NC1=S. The van der Waals surface area contributed by atoms with Gasteiger partial charge in [-0.05, 0) is 30.4 Å². The highest BCUT2D eigenvalue weighted by Crippen LogP contribution is 2.27. The number of hydrogen-bond acceptors (Lipinski definition) is 4. The Hall–Kier alpha value is -2.34. The zero-order valence-corrected chi connectivity index (χ0v) is 13.7. The number of benzene rings is 1. The van der Waals surface area contributed by atoms with Crippen LogP contribution in [0.15, 0.2) is 36.6 Å². The van der Waals surface area contributed by atoms with Crippen molar-refractivity contribution < 1.29 is 9.53 Å². The molecule has 116 valence electrons. The van der Waals surface area contributed by atoms with Crippen LogP contribution < -0.4 is 15.0 Å². The summed E-state index contributed by atoms with van der Waals surface area (Å²) in [4.78, 5) is 15.7. The predicted octanol–water partition coefficient (Wildman–Crippen LogP) is 2.00. The largest absolute Gasteiger partial charge is 0.496 e. The number of anilines is 1. The van der Waals surface area contributed by atoms with Crippen LogP contribution >= 0.6 is 12.2 Å². The third kappa shape index (κ3) is 3.12. The fourth-order valence-electron chi connectivity index (χ4n) is 2.12. The number of ether oxygens (including phenoxy) is 1. The van der Waals surface area contributed by atoms with Crippen LogP contribution in [0.5, 0.6) is 5.75 Å². The Labute approximate surface area is 135 Å². The molecule has 1 aromatic carbocycles. The Morgan fingerprint density at radius 1 is 1.45 bits per heavy atom. The minimum atomic E-state index is -0.163. The maximum Gasteiger partial charge on any atom is 0.276 e. The van der Waals surface area contributed by atoms with Gasteiger partial charge in [0.15, 0.2) is 5.11 Å². The second-order valence-corrected chi connectivity index (χ2v) is 5.40. The molecule has 1 amide bonds. The van der Waals surface area contributed by atoms with Crippen molar-refractivity contribution in [3.8, 4) is 5.75 Å².